The molecule has 0 atom stereocenters. The third kappa shape index (κ3) is 2.11. The lowest BCUT2D eigenvalue weighted by atomic mass is 10.0. The lowest BCUT2D eigenvalue weighted by molar-refractivity contribution is 1.13. The molecular formula is C18H12Br2. The molecule has 0 N–H and O–H groups in total. The van der Waals surface area contributed by atoms with Crippen LogP contribution in [-0.4, -0.2) is 0 Å². The van der Waals surface area contributed by atoms with Crippen molar-refractivity contribution in [2.45, 2.75) is 12.8 Å². The second-order valence-corrected chi connectivity index (χ2v) is 7.21. The average molecular weight is 388 g/mol. The number of allylic oxidation sites excluding steroid dienone is 2. The molecular weight excluding hydrogens is 376 g/mol. The normalized spacial score (nSPS) is 15.7. The number of hydrogen-bond donors (Lipinski definition) is 0. The molecule has 2 heteroatoms. The van der Waals surface area contributed by atoms with E-state index in [0.29, 0.717) is 0 Å². The maximum atomic E-state index is 3.55. The van der Waals surface area contributed by atoms with Crippen molar-refractivity contribution in [2.75, 3.05) is 0 Å². The van der Waals surface area contributed by atoms with Gasteiger partial charge in [-0.1, -0.05) is 56.1 Å². The smallest absolute Gasteiger partial charge is 0.0181 e. The van der Waals surface area contributed by atoms with Crippen LogP contribution in [0.15, 0.2) is 56.5 Å². The summed E-state index contributed by atoms with van der Waals surface area (Å²) < 4.78 is 2.31. The van der Waals surface area contributed by atoms with Crippen molar-refractivity contribution in [3.8, 4) is 0 Å². The summed E-state index contributed by atoms with van der Waals surface area (Å²) in [5, 5.41) is 0. The minimum Gasteiger partial charge on any atom is -0.0570 e. The zero-order valence-corrected chi connectivity index (χ0v) is 14.0. The molecule has 0 spiro atoms. The van der Waals surface area contributed by atoms with Crippen molar-refractivity contribution >= 4 is 44.0 Å². The summed E-state index contributed by atoms with van der Waals surface area (Å²) in [4.78, 5) is 0. The van der Waals surface area contributed by atoms with Crippen molar-refractivity contribution in [3.63, 3.8) is 0 Å². The average Bonchev–Trinajstić information content (AvgIpc) is 3.00. The minimum atomic E-state index is 1.06. The number of fused-ring (bicyclic) bond motifs is 2. The van der Waals surface area contributed by atoms with Crippen LogP contribution in [0.1, 0.15) is 22.3 Å². The standard InChI is InChI=1S/C18H12Br2/c19-17-3-1-11-5-13(7-15(11)9-17)14-6-12-2-4-18(20)10-16(12)8-14/h1-4,7-10H,5-6H2. The summed E-state index contributed by atoms with van der Waals surface area (Å²) in [5.74, 6) is 0. The van der Waals surface area contributed by atoms with Crippen LogP contribution in [0.25, 0.3) is 12.2 Å². The molecule has 0 unspecified atom stereocenters. The fraction of sp³-hybridized carbons (Fsp3) is 0.111. The fourth-order valence-electron chi connectivity index (χ4n) is 3.02. The van der Waals surface area contributed by atoms with E-state index in [9.17, 15) is 0 Å². The van der Waals surface area contributed by atoms with Gasteiger partial charge in [0.05, 0.1) is 0 Å². The SMILES string of the molecule is Brc1ccc2c(c1)C=C(C1=Cc3cc(Br)ccc3C1)C2. The van der Waals surface area contributed by atoms with E-state index in [1.165, 1.54) is 33.4 Å². The highest BCUT2D eigenvalue weighted by molar-refractivity contribution is 9.10. The van der Waals surface area contributed by atoms with Gasteiger partial charge in [0, 0.05) is 8.95 Å². The summed E-state index contributed by atoms with van der Waals surface area (Å²) in [6.07, 6.45) is 6.80. The van der Waals surface area contributed by atoms with Gasteiger partial charge in [-0.2, -0.15) is 0 Å². The molecule has 0 aromatic heterocycles. The Morgan fingerprint density at radius 1 is 0.650 bits per heavy atom. The Balaban J connectivity index is 1.69. The number of hydrogen-bond acceptors (Lipinski definition) is 0. The summed E-state index contributed by atoms with van der Waals surface area (Å²) in [6, 6.07) is 13.1. The van der Waals surface area contributed by atoms with Crippen LogP contribution < -0.4 is 0 Å². The summed E-state index contributed by atoms with van der Waals surface area (Å²) in [6.45, 7) is 0. The lowest BCUT2D eigenvalue weighted by Crippen LogP contribution is -1.90. The van der Waals surface area contributed by atoms with E-state index in [4.69, 9.17) is 0 Å². The Bertz CT molecular complexity index is 715. The molecule has 2 aliphatic rings. The van der Waals surface area contributed by atoms with Crippen molar-refractivity contribution in [3.05, 3.63) is 78.7 Å². The maximum absolute atomic E-state index is 3.55. The number of benzene rings is 2. The van der Waals surface area contributed by atoms with E-state index < -0.39 is 0 Å². The van der Waals surface area contributed by atoms with Gasteiger partial charge < -0.3 is 0 Å². The van der Waals surface area contributed by atoms with Gasteiger partial charge in [-0.15, -0.1) is 0 Å². The highest BCUT2D eigenvalue weighted by Crippen LogP contribution is 2.37. The molecule has 0 aliphatic heterocycles. The summed E-state index contributed by atoms with van der Waals surface area (Å²) in [5.41, 5.74) is 8.50. The van der Waals surface area contributed by atoms with Crippen molar-refractivity contribution < 1.29 is 0 Å². The first-order valence-corrected chi connectivity index (χ1v) is 8.26. The quantitative estimate of drug-likeness (QED) is 0.580. The van der Waals surface area contributed by atoms with Gasteiger partial charge in [0.25, 0.3) is 0 Å². The predicted molar refractivity (Wildman–Crippen MR) is 91.6 cm³/mol. The predicted octanol–water partition coefficient (Wildman–Crippen LogP) is 5.79. The highest BCUT2D eigenvalue weighted by atomic mass is 79.9. The van der Waals surface area contributed by atoms with Gasteiger partial charge in [-0.05, 0) is 70.5 Å². The third-order valence-corrected chi connectivity index (χ3v) is 5.04. The number of halogens is 2. The zero-order valence-electron chi connectivity index (χ0n) is 10.8. The highest BCUT2D eigenvalue weighted by Gasteiger charge is 2.20. The van der Waals surface area contributed by atoms with E-state index in [-0.39, 0.29) is 0 Å². The first-order valence-electron chi connectivity index (χ1n) is 6.67. The Morgan fingerprint density at radius 2 is 1.10 bits per heavy atom. The molecule has 0 bridgehead atoms. The van der Waals surface area contributed by atoms with Crippen molar-refractivity contribution in [1.82, 2.24) is 0 Å². The van der Waals surface area contributed by atoms with Gasteiger partial charge >= 0.3 is 0 Å². The van der Waals surface area contributed by atoms with Crippen LogP contribution in [0, 0.1) is 0 Å². The van der Waals surface area contributed by atoms with Crippen LogP contribution in [0.2, 0.25) is 0 Å². The zero-order chi connectivity index (χ0) is 13.7. The minimum absolute atomic E-state index is 1.06. The van der Waals surface area contributed by atoms with E-state index >= 15 is 0 Å². The van der Waals surface area contributed by atoms with E-state index in [1.807, 2.05) is 0 Å². The molecule has 2 aromatic rings. The van der Waals surface area contributed by atoms with Gasteiger partial charge in [-0.25, -0.2) is 0 Å². The van der Waals surface area contributed by atoms with Crippen LogP contribution in [0.4, 0.5) is 0 Å². The van der Waals surface area contributed by atoms with Crippen molar-refractivity contribution in [1.29, 1.82) is 0 Å². The molecule has 20 heavy (non-hydrogen) atoms. The monoisotopic (exact) mass is 386 g/mol. The second-order valence-electron chi connectivity index (χ2n) is 5.38. The topological polar surface area (TPSA) is 0 Å². The first-order chi connectivity index (χ1) is 9.69. The Morgan fingerprint density at radius 3 is 1.55 bits per heavy atom. The van der Waals surface area contributed by atoms with Gasteiger partial charge in [0.1, 0.15) is 0 Å². The Labute approximate surface area is 135 Å². The van der Waals surface area contributed by atoms with Gasteiger partial charge in [0.15, 0.2) is 0 Å². The largest absolute Gasteiger partial charge is 0.0570 e. The fourth-order valence-corrected chi connectivity index (χ4v) is 3.78. The maximum Gasteiger partial charge on any atom is 0.0181 e. The summed E-state index contributed by atoms with van der Waals surface area (Å²) >= 11 is 7.10. The molecule has 2 aliphatic carbocycles. The molecule has 4 rings (SSSR count). The molecule has 98 valence electrons. The van der Waals surface area contributed by atoms with Crippen LogP contribution in [-0.2, 0) is 12.8 Å². The first kappa shape index (κ1) is 12.6. The molecule has 0 saturated heterocycles. The van der Waals surface area contributed by atoms with E-state index in [0.717, 1.165) is 21.8 Å². The Hall–Kier alpha value is -1.12. The van der Waals surface area contributed by atoms with Gasteiger partial charge in [0.2, 0.25) is 0 Å². The van der Waals surface area contributed by atoms with E-state index in [1.54, 1.807) is 0 Å². The van der Waals surface area contributed by atoms with Crippen LogP contribution in [0.5, 0.6) is 0 Å². The lowest BCUT2D eigenvalue weighted by Gasteiger charge is -2.03. The molecule has 2 aromatic carbocycles. The van der Waals surface area contributed by atoms with Crippen LogP contribution >= 0.6 is 31.9 Å². The molecule has 0 radical (unpaired) electrons. The van der Waals surface area contributed by atoms with Crippen molar-refractivity contribution in [2.24, 2.45) is 0 Å². The molecule has 0 heterocycles. The Kier molecular flexibility index (Phi) is 2.97. The molecule has 0 nitrogen and oxygen atoms in total. The summed E-state index contributed by atoms with van der Waals surface area (Å²) in [7, 11) is 0. The second kappa shape index (κ2) is 4.71. The molecule has 0 amide bonds. The van der Waals surface area contributed by atoms with E-state index in [2.05, 4.69) is 80.4 Å². The number of rotatable bonds is 1. The molecule has 0 fully saturated rings. The third-order valence-electron chi connectivity index (χ3n) is 4.05. The van der Waals surface area contributed by atoms with Gasteiger partial charge in [-0.3, -0.25) is 0 Å². The molecule has 0 saturated carbocycles. The van der Waals surface area contributed by atoms with Crippen LogP contribution in [0.3, 0.4) is 0 Å².